The van der Waals surface area contributed by atoms with Crippen LogP contribution in [0.1, 0.15) is 37.0 Å². The lowest BCUT2D eigenvalue weighted by Gasteiger charge is -2.30. The van der Waals surface area contributed by atoms with Crippen molar-refractivity contribution in [3.63, 3.8) is 0 Å². The van der Waals surface area contributed by atoms with E-state index in [0.29, 0.717) is 6.04 Å². The van der Waals surface area contributed by atoms with Crippen molar-refractivity contribution in [2.24, 2.45) is 0 Å². The number of nitrogens with zero attached hydrogens (tertiary/aromatic N) is 1. The van der Waals surface area contributed by atoms with Crippen molar-refractivity contribution in [3.05, 3.63) is 29.3 Å². The monoisotopic (exact) mass is 247 g/mol. The van der Waals surface area contributed by atoms with Gasteiger partial charge in [0.05, 0.1) is 13.2 Å². The van der Waals surface area contributed by atoms with Crippen LogP contribution in [0.25, 0.3) is 0 Å². The van der Waals surface area contributed by atoms with Gasteiger partial charge in [0.1, 0.15) is 5.75 Å². The van der Waals surface area contributed by atoms with Gasteiger partial charge in [0, 0.05) is 12.1 Å². The Bertz CT molecular complexity index is 446. The van der Waals surface area contributed by atoms with Crippen LogP contribution in [-0.2, 0) is 6.42 Å². The number of hydrogen-bond donors (Lipinski definition) is 1. The predicted octanol–water partition coefficient (Wildman–Crippen LogP) is 2.14. The molecule has 0 saturated carbocycles. The summed E-state index contributed by atoms with van der Waals surface area (Å²) in [4.78, 5) is 2.47. The predicted molar refractivity (Wildman–Crippen MR) is 70.8 cm³/mol. The van der Waals surface area contributed by atoms with Gasteiger partial charge in [-0.15, -0.1) is 0 Å². The van der Waals surface area contributed by atoms with Crippen LogP contribution in [0.4, 0.5) is 0 Å². The molecule has 3 unspecified atom stereocenters. The second-order valence-corrected chi connectivity index (χ2v) is 5.51. The normalized spacial score (nSPS) is 31.6. The fraction of sp³-hybridized carbons (Fsp3) is 0.600. The molecule has 1 heterocycles. The molecule has 1 saturated heterocycles. The molecule has 3 atom stereocenters. The number of hydrogen-bond acceptors (Lipinski definition) is 3. The van der Waals surface area contributed by atoms with E-state index in [-0.39, 0.29) is 12.1 Å². The van der Waals surface area contributed by atoms with Gasteiger partial charge in [-0.1, -0.05) is 6.07 Å². The number of methoxy groups -OCH3 is 1. The zero-order valence-corrected chi connectivity index (χ0v) is 11.1. The topological polar surface area (TPSA) is 32.7 Å². The van der Waals surface area contributed by atoms with Gasteiger partial charge in [-0.2, -0.15) is 0 Å². The number of benzene rings is 1. The minimum absolute atomic E-state index is 0.254. The van der Waals surface area contributed by atoms with E-state index in [2.05, 4.69) is 17.9 Å². The second kappa shape index (κ2) is 4.56. The first-order chi connectivity index (χ1) is 8.70. The Balaban J connectivity index is 1.86. The molecule has 2 aliphatic rings. The van der Waals surface area contributed by atoms with E-state index >= 15 is 0 Å². The molecular weight excluding hydrogens is 226 g/mol. The molecule has 3 nitrogen and oxygen atoms in total. The molecular formula is C15H21NO2. The molecule has 1 aliphatic heterocycles. The highest BCUT2D eigenvalue weighted by molar-refractivity contribution is 5.42. The van der Waals surface area contributed by atoms with Crippen LogP contribution in [0.15, 0.2) is 18.2 Å². The lowest BCUT2D eigenvalue weighted by molar-refractivity contribution is 0.0568. The third kappa shape index (κ3) is 1.82. The average molecular weight is 247 g/mol. The summed E-state index contributed by atoms with van der Waals surface area (Å²) in [6.45, 7) is 3.39. The molecule has 0 radical (unpaired) electrons. The average Bonchev–Trinajstić information content (AvgIpc) is 2.93. The highest BCUT2D eigenvalue weighted by Crippen LogP contribution is 2.38. The molecule has 1 fully saturated rings. The molecule has 18 heavy (non-hydrogen) atoms. The van der Waals surface area contributed by atoms with Crippen molar-refractivity contribution in [1.82, 2.24) is 4.90 Å². The number of aliphatic hydroxyl groups excluding tert-OH is 1. The quantitative estimate of drug-likeness (QED) is 0.869. The van der Waals surface area contributed by atoms with Crippen molar-refractivity contribution in [3.8, 4) is 5.75 Å². The first-order valence-corrected chi connectivity index (χ1v) is 6.81. The lowest BCUT2D eigenvalue weighted by Crippen LogP contribution is -2.40. The maximum atomic E-state index is 10.5. The fourth-order valence-corrected chi connectivity index (χ4v) is 3.45. The lowest BCUT2D eigenvalue weighted by atomic mass is 10.1. The van der Waals surface area contributed by atoms with Crippen LogP contribution >= 0.6 is 0 Å². The summed E-state index contributed by atoms with van der Waals surface area (Å²) in [6.07, 6.45) is 3.10. The van der Waals surface area contributed by atoms with Crippen LogP contribution < -0.4 is 4.74 Å². The molecule has 1 aromatic rings. The summed E-state index contributed by atoms with van der Waals surface area (Å²) < 4.78 is 5.24. The van der Waals surface area contributed by atoms with Crippen molar-refractivity contribution in [2.45, 2.75) is 44.4 Å². The number of fused-ring (bicyclic) bond motifs is 1. The number of aliphatic hydroxyl groups is 1. The Morgan fingerprint density at radius 2 is 2.22 bits per heavy atom. The zero-order valence-electron chi connectivity index (χ0n) is 11.1. The first-order valence-electron chi connectivity index (χ1n) is 6.81. The standard InChI is InChI=1S/C15H21NO2/c1-10-4-3-7-16(10)14-8-11-5-6-12(18-2)9-13(11)15(14)17/h5-6,9-10,14-15,17H,3-4,7-8H2,1-2H3. The van der Waals surface area contributed by atoms with E-state index in [9.17, 15) is 5.11 Å². The van der Waals surface area contributed by atoms with Gasteiger partial charge in [-0.25, -0.2) is 0 Å². The molecule has 3 rings (SSSR count). The van der Waals surface area contributed by atoms with Gasteiger partial charge in [0.2, 0.25) is 0 Å². The van der Waals surface area contributed by atoms with Crippen LogP contribution in [0.5, 0.6) is 5.75 Å². The number of likely N-dealkylation sites (tertiary alicyclic amines) is 1. The first kappa shape index (κ1) is 12.0. The molecule has 0 bridgehead atoms. The molecule has 1 aliphatic carbocycles. The highest BCUT2D eigenvalue weighted by atomic mass is 16.5. The Morgan fingerprint density at radius 3 is 2.89 bits per heavy atom. The summed E-state index contributed by atoms with van der Waals surface area (Å²) in [6, 6.07) is 6.92. The van der Waals surface area contributed by atoms with E-state index in [0.717, 1.165) is 24.3 Å². The van der Waals surface area contributed by atoms with Gasteiger partial charge in [-0.3, -0.25) is 4.90 Å². The molecule has 0 spiro atoms. The molecule has 1 N–H and O–H groups in total. The number of rotatable bonds is 2. The molecule has 1 aromatic carbocycles. The molecule has 0 amide bonds. The smallest absolute Gasteiger partial charge is 0.119 e. The Labute approximate surface area is 108 Å². The largest absolute Gasteiger partial charge is 0.497 e. The van der Waals surface area contributed by atoms with Crippen LogP contribution in [0.3, 0.4) is 0 Å². The fourth-order valence-electron chi connectivity index (χ4n) is 3.45. The minimum atomic E-state index is -0.365. The SMILES string of the molecule is COc1ccc2c(c1)C(O)C(N1CCCC1C)C2. The van der Waals surface area contributed by atoms with Crippen molar-refractivity contribution in [1.29, 1.82) is 0 Å². The summed E-state index contributed by atoms with van der Waals surface area (Å²) in [5, 5.41) is 10.5. The highest BCUT2D eigenvalue weighted by Gasteiger charge is 2.38. The van der Waals surface area contributed by atoms with Gasteiger partial charge < -0.3 is 9.84 Å². The maximum Gasteiger partial charge on any atom is 0.119 e. The van der Waals surface area contributed by atoms with E-state index in [1.54, 1.807) is 7.11 Å². The maximum absolute atomic E-state index is 10.5. The Morgan fingerprint density at radius 1 is 1.39 bits per heavy atom. The summed E-state index contributed by atoms with van der Waals surface area (Å²) in [5.74, 6) is 0.836. The van der Waals surface area contributed by atoms with Crippen molar-refractivity contribution < 1.29 is 9.84 Å². The van der Waals surface area contributed by atoms with Crippen molar-refractivity contribution in [2.75, 3.05) is 13.7 Å². The molecule has 3 heteroatoms. The summed E-state index contributed by atoms with van der Waals surface area (Å²) >= 11 is 0. The third-order valence-corrected chi connectivity index (χ3v) is 4.50. The molecule has 98 valence electrons. The van der Waals surface area contributed by atoms with Crippen LogP contribution in [-0.4, -0.2) is 35.7 Å². The van der Waals surface area contributed by atoms with Gasteiger partial charge in [0.25, 0.3) is 0 Å². The van der Waals surface area contributed by atoms with E-state index in [1.165, 1.54) is 18.4 Å². The Kier molecular flexibility index (Phi) is 3.04. The van der Waals surface area contributed by atoms with Gasteiger partial charge >= 0.3 is 0 Å². The van der Waals surface area contributed by atoms with Crippen LogP contribution in [0.2, 0.25) is 0 Å². The second-order valence-electron chi connectivity index (χ2n) is 5.51. The summed E-state index contributed by atoms with van der Waals surface area (Å²) in [7, 11) is 1.67. The molecule has 0 aromatic heterocycles. The minimum Gasteiger partial charge on any atom is -0.497 e. The van der Waals surface area contributed by atoms with E-state index < -0.39 is 0 Å². The van der Waals surface area contributed by atoms with Gasteiger partial charge in [0.15, 0.2) is 0 Å². The van der Waals surface area contributed by atoms with E-state index in [4.69, 9.17) is 4.74 Å². The third-order valence-electron chi connectivity index (χ3n) is 4.50. The zero-order chi connectivity index (χ0) is 12.7. The van der Waals surface area contributed by atoms with Crippen molar-refractivity contribution >= 4 is 0 Å². The van der Waals surface area contributed by atoms with Crippen LogP contribution in [0, 0.1) is 0 Å². The summed E-state index contributed by atoms with van der Waals surface area (Å²) in [5.41, 5.74) is 2.32. The van der Waals surface area contributed by atoms with E-state index in [1.807, 2.05) is 12.1 Å². The number of ether oxygens (including phenoxy) is 1. The van der Waals surface area contributed by atoms with Gasteiger partial charge in [-0.05, 0) is 56.0 Å². The Hall–Kier alpha value is -1.06.